The summed E-state index contributed by atoms with van der Waals surface area (Å²) < 4.78 is 29.7. The SMILES string of the molecule is CC(=O)C(=O)CC(C)=CCC/C(C)=C/COP(=O)(O)OP(=O)(O)O. The van der Waals surface area contributed by atoms with E-state index in [1.54, 1.807) is 13.8 Å². The standard InChI is InChI=1S/C13H22O9P2/c1-10(5-4-6-11(2)9-13(15)12(3)14)7-8-21-24(19,20)22-23(16,17)18/h6-7H,4-5,8-9H2,1-3H3,(H,19,20)(H2,16,17,18)/b10-7+,11-6?. The number of carbonyl (C=O) groups is 2. The summed E-state index contributed by atoms with van der Waals surface area (Å²) in [6, 6.07) is 0. The molecule has 0 aliphatic rings. The highest BCUT2D eigenvalue weighted by Crippen LogP contribution is 2.57. The molecule has 11 heteroatoms. The van der Waals surface area contributed by atoms with Crippen molar-refractivity contribution in [1.29, 1.82) is 0 Å². The minimum absolute atomic E-state index is 0.0780. The van der Waals surface area contributed by atoms with Gasteiger partial charge in [0.25, 0.3) is 0 Å². The summed E-state index contributed by atoms with van der Waals surface area (Å²) in [6.45, 7) is 4.34. The van der Waals surface area contributed by atoms with Gasteiger partial charge >= 0.3 is 15.6 Å². The number of phosphoric ester groups is 1. The summed E-state index contributed by atoms with van der Waals surface area (Å²) in [5, 5.41) is 0. The lowest BCUT2D eigenvalue weighted by molar-refractivity contribution is -0.134. The van der Waals surface area contributed by atoms with Crippen molar-refractivity contribution in [2.24, 2.45) is 0 Å². The molecule has 0 spiro atoms. The number of hydrogen-bond donors (Lipinski definition) is 3. The van der Waals surface area contributed by atoms with Crippen molar-refractivity contribution in [3.63, 3.8) is 0 Å². The van der Waals surface area contributed by atoms with E-state index in [1.165, 1.54) is 13.0 Å². The Labute approximate surface area is 140 Å². The van der Waals surface area contributed by atoms with Gasteiger partial charge in [0.2, 0.25) is 5.78 Å². The van der Waals surface area contributed by atoms with Crippen LogP contribution in [0.1, 0.15) is 40.0 Å². The molecule has 24 heavy (non-hydrogen) atoms. The Hall–Kier alpha value is -0.920. The van der Waals surface area contributed by atoms with Crippen LogP contribution in [0.3, 0.4) is 0 Å². The molecule has 9 nitrogen and oxygen atoms in total. The molecule has 1 unspecified atom stereocenters. The minimum atomic E-state index is -5.12. The fraction of sp³-hybridized carbons (Fsp3) is 0.538. The molecule has 0 aliphatic carbocycles. The summed E-state index contributed by atoms with van der Waals surface area (Å²) in [5.74, 6) is -0.935. The summed E-state index contributed by atoms with van der Waals surface area (Å²) >= 11 is 0. The van der Waals surface area contributed by atoms with Crippen LogP contribution in [-0.4, -0.2) is 32.9 Å². The molecule has 0 heterocycles. The molecule has 0 aliphatic heterocycles. The lowest BCUT2D eigenvalue weighted by Gasteiger charge is -2.11. The molecule has 0 amide bonds. The number of carbonyl (C=O) groups excluding carboxylic acids is 2. The number of ketones is 2. The summed E-state index contributed by atoms with van der Waals surface area (Å²) in [7, 11) is -9.94. The van der Waals surface area contributed by atoms with Crippen molar-refractivity contribution >= 4 is 27.2 Å². The van der Waals surface area contributed by atoms with Crippen LogP contribution in [0.4, 0.5) is 0 Å². The molecule has 138 valence electrons. The number of hydrogen-bond acceptors (Lipinski definition) is 6. The highest BCUT2D eigenvalue weighted by Gasteiger charge is 2.31. The zero-order valence-electron chi connectivity index (χ0n) is 13.7. The van der Waals surface area contributed by atoms with E-state index in [0.717, 1.165) is 11.1 Å². The van der Waals surface area contributed by atoms with Crippen molar-refractivity contribution in [2.45, 2.75) is 40.0 Å². The third-order valence-corrected chi connectivity index (χ3v) is 4.89. The van der Waals surface area contributed by atoms with Crippen LogP contribution < -0.4 is 0 Å². The number of phosphoric acid groups is 2. The summed E-state index contributed by atoms with van der Waals surface area (Å²) in [4.78, 5) is 48.0. The topological polar surface area (TPSA) is 147 Å². The van der Waals surface area contributed by atoms with Crippen LogP contribution in [0.15, 0.2) is 23.3 Å². The van der Waals surface area contributed by atoms with Gasteiger partial charge in [-0.05, 0) is 26.7 Å². The summed E-state index contributed by atoms with van der Waals surface area (Å²) in [5.41, 5.74) is 1.57. The molecule has 0 radical (unpaired) electrons. The van der Waals surface area contributed by atoms with E-state index in [-0.39, 0.29) is 13.0 Å². The van der Waals surface area contributed by atoms with E-state index in [0.29, 0.717) is 12.8 Å². The maximum atomic E-state index is 11.2. The Morgan fingerprint density at radius 1 is 1.00 bits per heavy atom. The third kappa shape index (κ3) is 12.5. The molecule has 0 rings (SSSR count). The molecule has 0 aromatic rings. The Bertz CT molecular complexity index is 615. The Morgan fingerprint density at radius 3 is 2.08 bits per heavy atom. The fourth-order valence-corrected chi connectivity index (χ4v) is 3.06. The highest BCUT2D eigenvalue weighted by molar-refractivity contribution is 7.60. The van der Waals surface area contributed by atoms with Crippen molar-refractivity contribution in [2.75, 3.05) is 6.61 Å². The van der Waals surface area contributed by atoms with Gasteiger partial charge in [-0.25, -0.2) is 9.13 Å². The van der Waals surface area contributed by atoms with Gasteiger partial charge in [0.15, 0.2) is 5.78 Å². The average molecular weight is 384 g/mol. The second kappa shape index (κ2) is 10.2. The third-order valence-electron chi connectivity index (χ3n) is 2.74. The molecule has 0 saturated heterocycles. The molecular weight excluding hydrogens is 362 g/mol. The minimum Gasteiger partial charge on any atom is -0.302 e. The van der Waals surface area contributed by atoms with Crippen LogP contribution in [0.25, 0.3) is 0 Å². The van der Waals surface area contributed by atoms with Crippen molar-refractivity contribution in [3.8, 4) is 0 Å². The monoisotopic (exact) mass is 384 g/mol. The molecule has 0 saturated carbocycles. The van der Waals surface area contributed by atoms with Gasteiger partial charge < -0.3 is 14.7 Å². The van der Waals surface area contributed by atoms with Gasteiger partial charge in [-0.2, -0.15) is 4.31 Å². The van der Waals surface area contributed by atoms with Gasteiger partial charge in [0.1, 0.15) is 0 Å². The first-order valence-electron chi connectivity index (χ1n) is 6.91. The highest BCUT2D eigenvalue weighted by atomic mass is 31.3. The van der Waals surface area contributed by atoms with Gasteiger partial charge in [-0.3, -0.25) is 14.1 Å². The van der Waals surface area contributed by atoms with Crippen molar-refractivity contribution in [1.82, 2.24) is 0 Å². The first kappa shape index (κ1) is 23.1. The van der Waals surface area contributed by atoms with Crippen LogP contribution >= 0.6 is 15.6 Å². The van der Waals surface area contributed by atoms with Crippen molar-refractivity contribution < 1.29 is 42.2 Å². The maximum absolute atomic E-state index is 11.2. The van der Waals surface area contributed by atoms with Gasteiger partial charge in [0, 0.05) is 13.3 Å². The van der Waals surface area contributed by atoms with E-state index >= 15 is 0 Å². The second-order valence-electron chi connectivity index (χ2n) is 5.13. The van der Waals surface area contributed by atoms with Gasteiger partial charge in [0.05, 0.1) is 6.61 Å². The summed E-state index contributed by atoms with van der Waals surface area (Å²) in [6.07, 6.45) is 4.52. The normalized spacial score (nSPS) is 15.9. The lowest BCUT2D eigenvalue weighted by Crippen LogP contribution is -2.09. The second-order valence-corrected chi connectivity index (χ2v) is 7.96. The van der Waals surface area contributed by atoms with E-state index in [2.05, 4.69) is 8.83 Å². The van der Waals surface area contributed by atoms with Gasteiger partial charge in [-0.15, -0.1) is 0 Å². The maximum Gasteiger partial charge on any atom is 0.481 e. The van der Waals surface area contributed by atoms with Gasteiger partial charge in [-0.1, -0.05) is 23.3 Å². The molecule has 0 fully saturated rings. The van der Waals surface area contributed by atoms with Crippen LogP contribution in [-0.2, 0) is 27.6 Å². The fourth-order valence-electron chi connectivity index (χ4n) is 1.53. The molecule has 0 bridgehead atoms. The number of allylic oxidation sites excluding steroid dienone is 3. The average Bonchev–Trinajstić information content (AvgIpc) is 2.34. The molecular formula is C13H22O9P2. The number of rotatable bonds is 11. The zero-order valence-corrected chi connectivity index (χ0v) is 15.5. The van der Waals surface area contributed by atoms with E-state index in [4.69, 9.17) is 14.7 Å². The number of Topliss-reactive ketones (excluding diaryl/α,β-unsaturated/α-hetero) is 2. The molecule has 0 aromatic carbocycles. The zero-order chi connectivity index (χ0) is 19.0. The van der Waals surface area contributed by atoms with Crippen LogP contribution in [0, 0.1) is 0 Å². The Kier molecular flexibility index (Phi) is 9.77. The predicted octanol–water partition coefficient (Wildman–Crippen LogP) is 2.43. The first-order valence-corrected chi connectivity index (χ1v) is 9.94. The first-order chi connectivity index (χ1) is 10.8. The van der Waals surface area contributed by atoms with Crippen LogP contribution in [0.5, 0.6) is 0 Å². The quantitative estimate of drug-likeness (QED) is 0.277. The van der Waals surface area contributed by atoms with Crippen LogP contribution in [0.2, 0.25) is 0 Å². The molecule has 3 N–H and O–H groups in total. The van der Waals surface area contributed by atoms with E-state index in [9.17, 15) is 18.7 Å². The van der Waals surface area contributed by atoms with Crippen molar-refractivity contribution in [3.05, 3.63) is 23.3 Å². The smallest absolute Gasteiger partial charge is 0.302 e. The van der Waals surface area contributed by atoms with E-state index < -0.39 is 27.2 Å². The molecule has 0 aromatic heterocycles. The molecule has 1 atom stereocenters. The van der Waals surface area contributed by atoms with E-state index in [1.807, 2.05) is 6.08 Å². The predicted molar refractivity (Wildman–Crippen MR) is 86.0 cm³/mol. The largest absolute Gasteiger partial charge is 0.481 e. The Morgan fingerprint density at radius 2 is 1.58 bits per heavy atom. The Balaban J connectivity index is 4.29. The lowest BCUT2D eigenvalue weighted by atomic mass is 10.1.